The maximum Gasteiger partial charge on any atom is 0.271 e. The summed E-state index contributed by atoms with van der Waals surface area (Å²) in [5.41, 5.74) is 3.80. The van der Waals surface area contributed by atoms with Crippen LogP contribution in [-0.2, 0) is 13.2 Å². The molecule has 0 aliphatic carbocycles. The number of carbonyl (C=O) groups excluding carboxylic acids is 1. The van der Waals surface area contributed by atoms with Crippen LogP contribution in [0.2, 0.25) is 0 Å². The molecule has 0 saturated carbocycles. The maximum atomic E-state index is 12.2. The summed E-state index contributed by atoms with van der Waals surface area (Å²) in [7, 11) is 1.41. The van der Waals surface area contributed by atoms with E-state index in [-0.39, 0.29) is 24.5 Å². The van der Waals surface area contributed by atoms with Crippen LogP contribution in [0.4, 0.5) is 0 Å². The summed E-state index contributed by atoms with van der Waals surface area (Å²) in [5.74, 6) is -0.206. The van der Waals surface area contributed by atoms with Crippen LogP contribution in [-0.4, -0.2) is 34.6 Å². The average Bonchev–Trinajstić information content (AvgIpc) is 2.61. The standard InChI is InChI=1S/C17H17BrN2O5/c1-25-16-5-11(4-12(8-21)14(16)9-22)17(24)20-19-7-10-2-3-13(18)6-15(10)23/h2-7,21-23H,8-9H2,1H3,(H,20,24)/b19-7+. The first-order valence-corrected chi connectivity index (χ1v) is 8.02. The number of carbonyl (C=O) groups is 1. The van der Waals surface area contributed by atoms with Crippen molar-refractivity contribution in [3.8, 4) is 11.5 Å². The van der Waals surface area contributed by atoms with Gasteiger partial charge in [0.2, 0.25) is 0 Å². The molecule has 8 heteroatoms. The van der Waals surface area contributed by atoms with Gasteiger partial charge in [-0.1, -0.05) is 15.9 Å². The number of aliphatic hydroxyl groups excluding tert-OH is 2. The second kappa shape index (κ2) is 8.61. The number of rotatable bonds is 6. The summed E-state index contributed by atoms with van der Waals surface area (Å²) in [6.07, 6.45) is 1.31. The molecular weight excluding hydrogens is 392 g/mol. The average molecular weight is 409 g/mol. The number of hydrazone groups is 1. The van der Waals surface area contributed by atoms with Crippen LogP contribution in [0.5, 0.6) is 11.5 Å². The van der Waals surface area contributed by atoms with Gasteiger partial charge in [0.1, 0.15) is 11.5 Å². The predicted octanol–water partition coefficient (Wildman–Crippen LogP) is 1.91. The van der Waals surface area contributed by atoms with Gasteiger partial charge in [-0.2, -0.15) is 5.10 Å². The lowest BCUT2D eigenvalue weighted by Crippen LogP contribution is -2.18. The molecule has 0 aliphatic rings. The highest BCUT2D eigenvalue weighted by atomic mass is 79.9. The number of hydrogen-bond donors (Lipinski definition) is 4. The molecular formula is C17H17BrN2O5. The molecule has 0 saturated heterocycles. The highest BCUT2D eigenvalue weighted by Crippen LogP contribution is 2.25. The number of amides is 1. The fourth-order valence-electron chi connectivity index (χ4n) is 2.19. The predicted molar refractivity (Wildman–Crippen MR) is 95.7 cm³/mol. The SMILES string of the molecule is COc1cc(C(=O)N/N=C/c2ccc(Br)cc2O)cc(CO)c1CO. The molecule has 1 amide bonds. The van der Waals surface area contributed by atoms with Gasteiger partial charge < -0.3 is 20.1 Å². The second-order valence-electron chi connectivity index (χ2n) is 5.03. The Hall–Kier alpha value is -2.42. The number of phenolic OH excluding ortho intramolecular Hbond substituents is 1. The Morgan fingerprint density at radius 3 is 2.64 bits per heavy atom. The van der Waals surface area contributed by atoms with E-state index in [1.165, 1.54) is 31.5 Å². The topological polar surface area (TPSA) is 111 Å². The van der Waals surface area contributed by atoms with E-state index in [1.807, 2.05) is 0 Å². The quantitative estimate of drug-likeness (QED) is 0.430. The maximum absolute atomic E-state index is 12.2. The van der Waals surface area contributed by atoms with Crippen LogP contribution >= 0.6 is 15.9 Å². The number of nitrogens with zero attached hydrogens (tertiary/aromatic N) is 1. The number of aromatic hydroxyl groups is 1. The van der Waals surface area contributed by atoms with Gasteiger partial charge in [0.25, 0.3) is 5.91 Å². The van der Waals surface area contributed by atoms with E-state index in [4.69, 9.17) is 4.74 Å². The molecule has 132 valence electrons. The molecule has 0 fully saturated rings. The second-order valence-corrected chi connectivity index (χ2v) is 5.95. The van der Waals surface area contributed by atoms with Crippen molar-refractivity contribution in [1.29, 1.82) is 0 Å². The van der Waals surface area contributed by atoms with Crippen LogP contribution in [0.15, 0.2) is 39.9 Å². The van der Waals surface area contributed by atoms with Crippen LogP contribution in [0.25, 0.3) is 0 Å². The van der Waals surface area contributed by atoms with E-state index in [2.05, 4.69) is 26.5 Å². The number of benzene rings is 2. The van der Waals surface area contributed by atoms with Gasteiger partial charge >= 0.3 is 0 Å². The molecule has 0 radical (unpaired) electrons. The number of aliphatic hydroxyl groups is 2. The minimum atomic E-state index is -0.523. The van der Waals surface area contributed by atoms with Gasteiger partial charge in [-0.15, -0.1) is 0 Å². The zero-order valence-electron chi connectivity index (χ0n) is 13.4. The number of methoxy groups -OCH3 is 1. The Labute approximate surface area is 152 Å². The smallest absolute Gasteiger partial charge is 0.271 e. The largest absolute Gasteiger partial charge is 0.507 e. The number of hydrogen-bond acceptors (Lipinski definition) is 6. The van der Waals surface area contributed by atoms with Gasteiger partial charge in [-0.3, -0.25) is 4.79 Å². The van der Waals surface area contributed by atoms with Crippen molar-refractivity contribution in [1.82, 2.24) is 5.43 Å². The Balaban J connectivity index is 2.19. The Bertz CT molecular complexity index is 783. The number of ether oxygens (including phenoxy) is 1. The molecule has 0 spiro atoms. The molecule has 2 rings (SSSR count). The third-order valence-electron chi connectivity index (χ3n) is 3.47. The van der Waals surface area contributed by atoms with E-state index in [0.29, 0.717) is 22.4 Å². The molecule has 0 aliphatic heterocycles. The van der Waals surface area contributed by atoms with Gasteiger partial charge in [0.15, 0.2) is 0 Å². The highest BCUT2D eigenvalue weighted by molar-refractivity contribution is 9.10. The molecule has 0 bridgehead atoms. The lowest BCUT2D eigenvalue weighted by atomic mass is 10.0. The zero-order chi connectivity index (χ0) is 18.4. The minimum Gasteiger partial charge on any atom is -0.507 e. The van der Waals surface area contributed by atoms with Crippen LogP contribution in [0.3, 0.4) is 0 Å². The van der Waals surface area contributed by atoms with E-state index >= 15 is 0 Å². The highest BCUT2D eigenvalue weighted by Gasteiger charge is 2.14. The Morgan fingerprint density at radius 2 is 2.04 bits per heavy atom. The number of nitrogens with one attached hydrogen (secondary N) is 1. The third kappa shape index (κ3) is 4.56. The van der Waals surface area contributed by atoms with Crippen molar-refractivity contribution < 1.29 is 24.9 Å². The van der Waals surface area contributed by atoms with Crippen molar-refractivity contribution in [3.05, 3.63) is 57.1 Å². The summed E-state index contributed by atoms with van der Waals surface area (Å²) in [6.45, 7) is -0.661. The Morgan fingerprint density at radius 1 is 1.28 bits per heavy atom. The zero-order valence-corrected chi connectivity index (χ0v) is 14.9. The number of halogens is 1. The molecule has 2 aromatic rings. The first-order valence-electron chi connectivity index (χ1n) is 7.23. The molecule has 0 atom stereocenters. The first kappa shape index (κ1) is 18.9. The van der Waals surface area contributed by atoms with Crippen molar-refractivity contribution >= 4 is 28.1 Å². The lowest BCUT2D eigenvalue weighted by molar-refractivity contribution is 0.0954. The molecule has 0 unspecified atom stereocenters. The van der Waals surface area contributed by atoms with Crippen LogP contribution in [0, 0.1) is 0 Å². The molecule has 0 heterocycles. The first-order chi connectivity index (χ1) is 12.0. The van der Waals surface area contributed by atoms with E-state index < -0.39 is 5.91 Å². The lowest BCUT2D eigenvalue weighted by Gasteiger charge is -2.12. The van der Waals surface area contributed by atoms with E-state index in [1.54, 1.807) is 12.1 Å². The van der Waals surface area contributed by atoms with E-state index in [0.717, 1.165) is 4.47 Å². The number of phenols is 1. The minimum absolute atomic E-state index is 0.0175. The molecule has 2 aromatic carbocycles. The Kier molecular flexibility index (Phi) is 6.51. The fourth-order valence-corrected chi connectivity index (χ4v) is 2.54. The third-order valence-corrected chi connectivity index (χ3v) is 3.97. The molecule has 7 nitrogen and oxygen atoms in total. The normalized spacial score (nSPS) is 10.9. The van der Waals surface area contributed by atoms with Crippen molar-refractivity contribution in [2.24, 2.45) is 5.10 Å². The summed E-state index contributed by atoms with van der Waals surface area (Å²) in [4.78, 5) is 12.2. The fraction of sp³-hybridized carbons (Fsp3) is 0.176. The van der Waals surface area contributed by atoms with Gasteiger partial charge in [0, 0.05) is 21.2 Å². The summed E-state index contributed by atoms with van der Waals surface area (Å²) in [5, 5.41) is 32.3. The summed E-state index contributed by atoms with van der Waals surface area (Å²) < 4.78 is 5.86. The van der Waals surface area contributed by atoms with Crippen LogP contribution < -0.4 is 10.2 Å². The van der Waals surface area contributed by atoms with Crippen LogP contribution in [0.1, 0.15) is 27.0 Å². The van der Waals surface area contributed by atoms with Gasteiger partial charge in [0.05, 0.1) is 26.5 Å². The van der Waals surface area contributed by atoms with Crippen molar-refractivity contribution in [2.45, 2.75) is 13.2 Å². The van der Waals surface area contributed by atoms with Crippen molar-refractivity contribution in [3.63, 3.8) is 0 Å². The molecule has 25 heavy (non-hydrogen) atoms. The summed E-state index contributed by atoms with van der Waals surface area (Å²) >= 11 is 3.23. The molecule has 4 N–H and O–H groups in total. The van der Waals surface area contributed by atoms with E-state index in [9.17, 15) is 20.1 Å². The van der Waals surface area contributed by atoms with Crippen molar-refractivity contribution in [2.75, 3.05) is 7.11 Å². The van der Waals surface area contributed by atoms with Gasteiger partial charge in [-0.25, -0.2) is 5.43 Å². The monoisotopic (exact) mass is 408 g/mol. The summed E-state index contributed by atoms with van der Waals surface area (Å²) in [6, 6.07) is 7.78. The van der Waals surface area contributed by atoms with Gasteiger partial charge in [-0.05, 0) is 35.9 Å². The molecule has 0 aromatic heterocycles.